The molecule has 0 aliphatic heterocycles. The second-order valence-electron chi connectivity index (χ2n) is 5.06. The van der Waals surface area contributed by atoms with Crippen LogP contribution in [0.2, 0.25) is 0 Å². The average molecular weight is 290 g/mol. The number of fused-ring (bicyclic) bond motifs is 2. The number of H-pyrrole nitrogens is 1. The van der Waals surface area contributed by atoms with Crippen LogP contribution in [0.5, 0.6) is 0 Å². The van der Waals surface area contributed by atoms with Gasteiger partial charge in [-0.1, -0.05) is 30.3 Å². The van der Waals surface area contributed by atoms with Crippen molar-refractivity contribution >= 4 is 33.7 Å². The van der Waals surface area contributed by atoms with Crippen LogP contribution in [0.25, 0.3) is 22.0 Å². The first-order valence-corrected chi connectivity index (χ1v) is 7.03. The molecule has 2 aromatic heterocycles. The summed E-state index contributed by atoms with van der Waals surface area (Å²) in [5, 5.41) is 5.40. The van der Waals surface area contributed by atoms with Crippen molar-refractivity contribution in [2.45, 2.75) is 6.92 Å². The van der Waals surface area contributed by atoms with E-state index in [1.165, 1.54) is 0 Å². The number of nitrogens with zero attached hydrogens (tertiary/aromatic N) is 2. The molecule has 5 heteroatoms. The molecular formula is C17H14N4O. The van der Waals surface area contributed by atoms with Gasteiger partial charge in [-0.2, -0.15) is 5.10 Å². The van der Waals surface area contributed by atoms with Crippen molar-refractivity contribution in [1.29, 1.82) is 0 Å². The number of para-hydroxylation sites is 3. The number of hydrogen-bond acceptors (Lipinski definition) is 4. The molecule has 0 amide bonds. The summed E-state index contributed by atoms with van der Waals surface area (Å²) in [4.78, 5) is 7.59. The molecule has 0 fully saturated rings. The highest BCUT2D eigenvalue weighted by atomic mass is 16.3. The summed E-state index contributed by atoms with van der Waals surface area (Å²) in [6, 6.07) is 17.7. The highest BCUT2D eigenvalue weighted by Gasteiger charge is 2.06. The van der Waals surface area contributed by atoms with Gasteiger partial charge in [-0.25, -0.2) is 10.4 Å². The van der Waals surface area contributed by atoms with Gasteiger partial charge < -0.3 is 9.40 Å². The highest BCUT2D eigenvalue weighted by molar-refractivity contribution is 6.00. The molecule has 5 nitrogen and oxygen atoms in total. The van der Waals surface area contributed by atoms with Gasteiger partial charge in [-0.3, -0.25) is 0 Å². The lowest BCUT2D eigenvalue weighted by Crippen LogP contribution is -1.99. The predicted molar refractivity (Wildman–Crippen MR) is 88.1 cm³/mol. The number of aromatic nitrogens is 2. The molecule has 22 heavy (non-hydrogen) atoms. The third-order valence-electron chi connectivity index (χ3n) is 3.50. The molecule has 0 radical (unpaired) electrons. The summed E-state index contributed by atoms with van der Waals surface area (Å²) in [6.07, 6.45) is 0. The zero-order valence-corrected chi connectivity index (χ0v) is 12.0. The van der Waals surface area contributed by atoms with Crippen molar-refractivity contribution in [2.75, 3.05) is 5.43 Å². The largest absolute Gasteiger partial charge is 0.455 e. The lowest BCUT2D eigenvalue weighted by Gasteiger charge is -1.97. The number of rotatable bonds is 3. The second-order valence-corrected chi connectivity index (χ2v) is 5.06. The Hall–Kier alpha value is -3.08. The lowest BCUT2D eigenvalue weighted by atomic mass is 10.2. The summed E-state index contributed by atoms with van der Waals surface area (Å²) in [7, 11) is 0. The Kier molecular flexibility index (Phi) is 2.89. The van der Waals surface area contributed by atoms with E-state index in [9.17, 15) is 0 Å². The number of imidazole rings is 1. The summed E-state index contributed by atoms with van der Waals surface area (Å²) < 4.78 is 5.78. The van der Waals surface area contributed by atoms with Crippen LogP contribution in [0.3, 0.4) is 0 Å². The molecule has 0 saturated carbocycles. The molecule has 4 aromatic rings. The quantitative estimate of drug-likeness (QED) is 0.440. The second kappa shape index (κ2) is 5.04. The Balaban J connectivity index is 1.61. The summed E-state index contributed by atoms with van der Waals surface area (Å²) in [5.41, 5.74) is 6.43. The van der Waals surface area contributed by atoms with Gasteiger partial charge >= 0.3 is 0 Å². The lowest BCUT2D eigenvalue weighted by molar-refractivity contribution is 0.604. The minimum Gasteiger partial charge on any atom is -0.455 e. The van der Waals surface area contributed by atoms with Crippen LogP contribution in [-0.4, -0.2) is 15.7 Å². The first-order chi connectivity index (χ1) is 10.8. The van der Waals surface area contributed by atoms with Crippen LogP contribution in [-0.2, 0) is 0 Å². The number of benzene rings is 2. The Morgan fingerprint density at radius 3 is 2.82 bits per heavy atom. The standard InChI is InChI=1S/C17H14N4O/c1-11(16-10-12-6-2-5-9-15(12)22-16)20-21-17-18-13-7-3-4-8-14(13)19-17/h2-10H,1H3,(H2,18,19,21). The smallest absolute Gasteiger partial charge is 0.222 e. The van der Waals surface area contributed by atoms with Gasteiger partial charge in [0, 0.05) is 5.39 Å². The molecule has 0 aliphatic carbocycles. The van der Waals surface area contributed by atoms with Gasteiger partial charge in [-0.05, 0) is 31.2 Å². The van der Waals surface area contributed by atoms with E-state index in [1.54, 1.807) is 0 Å². The SMILES string of the molecule is CC(=NNc1nc2ccccc2[nH]1)c1cc2ccccc2o1. The molecule has 0 spiro atoms. The Bertz CT molecular complexity index is 914. The fraction of sp³-hybridized carbons (Fsp3) is 0.0588. The third kappa shape index (κ3) is 2.22. The molecule has 2 N–H and O–H groups in total. The van der Waals surface area contributed by atoms with Crippen LogP contribution in [0.1, 0.15) is 12.7 Å². The Labute approximate surface area is 126 Å². The van der Waals surface area contributed by atoms with E-state index >= 15 is 0 Å². The molecule has 108 valence electrons. The Morgan fingerprint density at radius 2 is 1.95 bits per heavy atom. The number of anilines is 1. The minimum atomic E-state index is 0.608. The van der Waals surface area contributed by atoms with Crippen LogP contribution in [0.4, 0.5) is 5.95 Å². The zero-order valence-electron chi connectivity index (χ0n) is 12.0. The van der Waals surface area contributed by atoms with Gasteiger partial charge in [-0.15, -0.1) is 0 Å². The van der Waals surface area contributed by atoms with Crippen molar-refractivity contribution in [2.24, 2.45) is 5.10 Å². The molecule has 0 saturated heterocycles. The van der Waals surface area contributed by atoms with E-state index in [-0.39, 0.29) is 0 Å². The van der Waals surface area contributed by atoms with E-state index in [1.807, 2.05) is 61.5 Å². The highest BCUT2D eigenvalue weighted by Crippen LogP contribution is 2.19. The molecule has 2 heterocycles. The first-order valence-electron chi connectivity index (χ1n) is 7.03. The van der Waals surface area contributed by atoms with Gasteiger partial charge in [0.1, 0.15) is 11.3 Å². The maximum atomic E-state index is 5.78. The van der Waals surface area contributed by atoms with Crippen LogP contribution in [0.15, 0.2) is 64.1 Å². The van der Waals surface area contributed by atoms with E-state index < -0.39 is 0 Å². The van der Waals surface area contributed by atoms with E-state index in [4.69, 9.17) is 4.42 Å². The van der Waals surface area contributed by atoms with Crippen LogP contribution >= 0.6 is 0 Å². The van der Waals surface area contributed by atoms with Crippen molar-refractivity contribution < 1.29 is 4.42 Å². The molecule has 0 bridgehead atoms. The zero-order chi connectivity index (χ0) is 14.9. The molecule has 0 unspecified atom stereocenters. The molecule has 4 rings (SSSR count). The minimum absolute atomic E-state index is 0.608. The fourth-order valence-electron chi connectivity index (χ4n) is 2.36. The van der Waals surface area contributed by atoms with E-state index in [0.29, 0.717) is 5.95 Å². The number of hydrazone groups is 1. The van der Waals surface area contributed by atoms with Gasteiger partial charge in [0.25, 0.3) is 0 Å². The molecule has 0 atom stereocenters. The van der Waals surface area contributed by atoms with Crippen molar-refractivity contribution in [1.82, 2.24) is 9.97 Å². The summed E-state index contributed by atoms with van der Waals surface area (Å²) >= 11 is 0. The molecular weight excluding hydrogens is 276 g/mol. The van der Waals surface area contributed by atoms with E-state index in [2.05, 4.69) is 20.5 Å². The number of nitrogens with one attached hydrogen (secondary N) is 2. The number of aromatic amines is 1. The van der Waals surface area contributed by atoms with Crippen LogP contribution < -0.4 is 5.43 Å². The maximum Gasteiger partial charge on any atom is 0.222 e. The number of hydrogen-bond donors (Lipinski definition) is 2. The predicted octanol–water partition coefficient (Wildman–Crippen LogP) is 4.15. The van der Waals surface area contributed by atoms with Gasteiger partial charge in [0.2, 0.25) is 5.95 Å². The molecule has 2 aromatic carbocycles. The van der Waals surface area contributed by atoms with Gasteiger partial charge in [0.05, 0.1) is 11.0 Å². The van der Waals surface area contributed by atoms with Crippen molar-refractivity contribution in [3.05, 3.63) is 60.4 Å². The summed E-state index contributed by atoms with van der Waals surface area (Å²) in [5.74, 6) is 1.35. The van der Waals surface area contributed by atoms with Crippen LogP contribution in [0, 0.1) is 0 Å². The van der Waals surface area contributed by atoms with Crippen molar-refractivity contribution in [3.63, 3.8) is 0 Å². The monoisotopic (exact) mass is 290 g/mol. The molecule has 0 aliphatic rings. The Morgan fingerprint density at radius 1 is 1.14 bits per heavy atom. The third-order valence-corrected chi connectivity index (χ3v) is 3.50. The average Bonchev–Trinajstić information content (AvgIpc) is 3.15. The topological polar surface area (TPSA) is 66.2 Å². The van der Waals surface area contributed by atoms with E-state index in [0.717, 1.165) is 33.5 Å². The number of furan rings is 1. The first kappa shape index (κ1) is 12.6. The van der Waals surface area contributed by atoms with Crippen molar-refractivity contribution in [3.8, 4) is 0 Å². The summed E-state index contributed by atoms with van der Waals surface area (Å²) in [6.45, 7) is 1.90. The normalized spacial score (nSPS) is 12.1. The fourth-order valence-corrected chi connectivity index (χ4v) is 2.36. The maximum absolute atomic E-state index is 5.78. The van der Waals surface area contributed by atoms with Gasteiger partial charge in [0.15, 0.2) is 5.76 Å².